The maximum absolute atomic E-state index is 4.16. The molecule has 0 N–H and O–H groups in total. The van der Waals surface area contributed by atoms with Crippen molar-refractivity contribution >= 4 is 5.69 Å². The fourth-order valence-electron chi connectivity index (χ4n) is 1.76. The van der Waals surface area contributed by atoms with Crippen molar-refractivity contribution in [2.45, 2.75) is 40.5 Å². The normalized spacial score (nSPS) is 9.71. The predicted octanol–water partition coefficient (Wildman–Crippen LogP) is 6.48. The fraction of sp³-hybridized carbons (Fsp3) is 0.300. The molecule has 0 saturated carbocycles. The molecule has 0 saturated heterocycles. The first-order valence-corrected chi connectivity index (χ1v) is 7.69. The quantitative estimate of drug-likeness (QED) is 0.518. The highest BCUT2D eigenvalue weighted by Crippen LogP contribution is 2.27. The van der Waals surface area contributed by atoms with Crippen molar-refractivity contribution in [2.24, 2.45) is 0 Å². The zero-order valence-electron chi connectivity index (χ0n) is 14.0. The molecule has 21 heavy (non-hydrogen) atoms. The van der Waals surface area contributed by atoms with Gasteiger partial charge >= 0.3 is 0 Å². The fourth-order valence-corrected chi connectivity index (χ4v) is 1.76. The number of benzene rings is 1. The number of anilines is 1. The van der Waals surface area contributed by atoms with Gasteiger partial charge in [0.1, 0.15) is 0 Å². The first kappa shape index (κ1) is 19.0. The van der Waals surface area contributed by atoms with E-state index in [0.29, 0.717) is 0 Å². The summed E-state index contributed by atoms with van der Waals surface area (Å²) in [6.45, 7) is 20.6. The van der Waals surface area contributed by atoms with Gasteiger partial charge in [-0.25, -0.2) is 0 Å². The maximum Gasteiger partial charge on any atom is 0.0461 e. The highest BCUT2D eigenvalue weighted by molar-refractivity contribution is 5.62. The van der Waals surface area contributed by atoms with Gasteiger partial charge in [-0.05, 0) is 36.6 Å². The lowest BCUT2D eigenvalue weighted by Crippen LogP contribution is -2.20. The van der Waals surface area contributed by atoms with Crippen molar-refractivity contribution in [3.8, 4) is 0 Å². The van der Waals surface area contributed by atoms with E-state index in [-0.39, 0.29) is 0 Å². The third-order valence-corrected chi connectivity index (χ3v) is 2.95. The number of allylic oxidation sites excluding steroid dienone is 3. The van der Waals surface area contributed by atoms with E-state index < -0.39 is 0 Å². The summed E-state index contributed by atoms with van der Waals surface area (Å²) in [7, 11) is 0. The lowest BCUT2D eigenvalue weighted by molar-refractivity contribution is 1.04. The molecule has 0 aliphatic rings. The molecule has 1 nitrogen and oxygen atoms in total. The molecule has 0 heterocycles. The number of rotatable bonds is 7. The molecule has 0 amide bonds. The molecule has 0 fully saturated rings. The molecule has 0 radical (unpaired) electrons. The van der Waals surface area contributed by atoms with Crippen LogP contribution in [0, 0.1) is 0 Å². The van der Waals surface area contributed by atoms with Gasteiger partial charge in [0.05, 0.1) is 0 Å². The van der Waals surface area contributed by atoms with Crippen molar-refractivity contribution in [1.29, 1.82) is 0 Å². The Bertz CT molecular complexity index is 480. The van der Waals surface area contributed by atoms with Crippen LogP contribution in [0.4, 0.5) is 5.69 Å². The Morgan fingerprint density at radius 3 is 2.10 bits per heavy atom. The Morgan fingerprint density at radius 2 is 1.62 bits per heavy atom. The summed E-state index contributed by atoms with van der Waals surface area (Å²) in [5.41, 5.74) is 3.90. The molecule has 0 aromatic heterocycles. The second kappa shape index (κ2) is 10.7. The molecule has 0 spiro atoms. The van der Waals surface area contributed by atoms with Crippen LogP contribution in [0.1, 0.15) is 40.5 Å². The first-order chi connectivity index (χ1) is 10.1. The number of hydrogen-bond donors (Lipinski definition) is 0. The monoisotopic (exact) mass is 283 g/mol. The smallest absolute Gasteiger partial charge is 0.0461 e. The van der Waals surface area contributed by atoms with Crippen molar-refractivity contribution in [3.05, 3.63) is 79.2 Å². The molecule has 1 heteroatoms. The van der Waals surface area contributed by atoms with Crippen molar-refractivity contribution in [1.82, 2.24) is 0 Å². The van der Waals surface area contributed by atoms with Gasteiger partial charge in [-0.2, -0.15) is 0 Å². The Morgan fingerprint density at radius 1 is 1.05 bits per heavy atom. The van der Waals surface area contributed by atoms with Crippen molar-refractivity contribution in [3.63, 3.8) is 0 Å². The van der Waals surface area contributed by atoms with Gasteiger partial charge in [-0.1, -0.05) is 71.7 Å². The summed E-state index contributed by atoms with van der Waals surface area (Å²) >= 11 is 0. The van der Waals surface area contributed by atoms with E-state index in [1.165, 1.54) is 0 Å². The van der Waals surface area contributed by atoms with Gasteiger partial charge in [-0.15, -0.1) is 0 Å². The zero-order valence-corrected chi connectivity index (χ0v) is 14.0. The van der Waals surface area contributed by atoms with Gasteiger partial charge in [0.25, 0.3) is 0 Å². The minimum atomic E-state index is 0.882. The molecule has 1 rings (SSSR count). The van der Waals surface area contributed by atoms with Crippen molar-refractivity contribution < 1.29 is 0 Å². The Balaban J connectivity index is 0.00000191. The van der Waals surface area contributed by atoms with Gasteiger partial charge in [-0.3, -0.25) is 0 Å². The van der Waals surface area contributed by atoms with Crippen LogP contribution in [0.2, 0.25) is 0 Å². The van der Waals surface area contributed by atoms with E-state index in [2.05, 4.69) is 56.7 Å². The Hall–Kier alpha value is -2.02. The summed E-state index contributed by atoms with van der Waals surface area (Å²) in [6, 6.07) is 10.1. The van der Waals surface area contributed by atoms with E-state index in [4.69, 9.17) is 0 Å². The number of hydrogen-bond acceptors (Lipinski definition) is 1. The minimum Gasteiger partial charge on any atom is -0.311 e. The van der Waals surface area contributed by atoms with Crippen molar-refractivity contribution in [2.75, 3.05) is 4.90 Å². The molecule has 0 atom stereocenters. The van der Waals surface area contributed by atoms with Crippen LogP contribution in [-0.2, 0) is 0 Å². The molecular weight excluding hydrogens is 254 g/mol. The summed E-state index contributed by atoms with van der Waals surface area (Å²) in [5.74, 6) is 0. The Labute approximate surface area is 131 Å². The molecule has 0 aliphatic carbocycles. The second-order valence-corrected chi connectivity index (χ2v) is 4.38. The molecule has 0 unspecified atom stereocenters. The summed E-state index contributed by atoms with van der Waals surface area (Å²) in [6.07, 6.45) is 6.00. The SMILES string of the molecule is C=C(CC)C(=C)N(C(=C)/C=C\CC)c1ccccc1.CC. The predicted molar refractivity (Wildman–Crippen MR) is 97.4 cm³/mol. The molecule has 1 aromatic carbocycles. The van der Waals surface area contributed by atoms with E-state index in [0.717, 1.165) is 35.5 Å². The van der Waals surface area contributed by atoms with Crippen LogP contribution in [-0.4, -0.2) is 0 Å². The standard InChI is InChI=1S/C18H23N.C2H6/c1-6-8-12-16(4)19(17(5)15(3)7-2)18-13-10-9-11-14-18;1-2/h8-14H,3-7H2,1-2H3;1-2H3/b12-8-;. The van der Waals surface area contributed by atoms with Crippen LogP contribution in [0.15, 0.2) is 79.2 Å². The third kappa shape index (κ3) is 5.86. The number of para-hydroxylation sites is 1. The largest absolute Gasteiger partial charge is 0.311 e. The molecule has 114 valence electrons. The average molecular weight is 283 g/mol. The van der Waals surface area contributed by atoms with Gasteiger partial charge in [0, 0.05) is 17.1 Å². The van der Waals surface area contributed by atoms with E-state index >= 15 is 0 Å². The van der Waals surface area contributed by atoms with Crippen LogP contribution in [0.3, 0.4) is 0 Å². The van der Waals surface area contributed by atoms with Gasteiger partial charge in [0.15, 0.2) is 0 Å². The third-order valence-electron chi connectivity index (χ3n) is 2.95. The molecular formula is C20H29N. The average Bonchev–Trinajstić information content (AvgIpc) is 2.55. The summed E-state index contributed by atoms with van der Waals surface area (Å²) < 4.78 is 0. The Kier molecular flexibility index (Phi) is 9.70. The van der Waals surface area contributed by atoms with Crippen LogP contribution in [0.5, 0.6) is 0 Å². The molecule has 0 aliphatic heterocycles. The minimum absolute atomic E-state index is 0.882. The molecule has 1 aromatic rings. The van der Waals surface area contributed by atoms with Gasteiger partial charge < -0.3 is 4.90 Å². The summed E-state index contributed by atoms with van der Waals surface area (Å²) in [4.78, 5) is 2.05. The van der Waals surface area contributed by atoms with Crippen LogP contribution < -0.4 is 4.90 Å². The lowest BCUT2D eigenvalue weighted by Gasteiger charge is -2.28. The lowest BCUT2D eigenvalue weighted by atomic mass is 10.1. The second-order valence-electron chi connectivity index (χ2n) is 4.38. The van der Waals surface area contributed by atoms with Gasteiger partial charge in [0.2, 0.25) is 0 Å². The van der Waals surface area contributed by atoms with E-state index in [9.17, 15) is 0 Å². The summed E-state index contributed by atoms with van der Waals surface area (Å²) in [5, 5.41) is 0. The number of nitrogens with zero attached hydrogens (tertiary/aromatic N) is 1. The maximum atomic E-state index is 4.16. The van der Waals surface area contributed by atoms with Crippen LogP contribution >= 0.6 is 0 Å². The highest BCUT2D eigenvalue weighted by Gasteiger charge is 2.13. The first-order valence-electron chi connectivity index (χ1n) is 7.69. The van der Waals surface area contributed by atoms with E-state index in [1.807, 2.05) is 38.1 Å². The topological polar surface area (TPSA) is 3.24 Å². The zero-order chi connectivity index (χ0) is 16.3. The van der Waals surface area contributed by atoms with E-state index in [1.54, 1.807) is 0 Å². The molecule has 0 bridgehead atoms. The van der Waals surface area contributed by atoms with Crippen LogP contribution in [0.25, 0.3) is 0 Å². The highest BCUT2D eigenvalue weighted by atomic mass is 15.1.